The van der Waals surface area contributed by atoms with E-state index in [0.717, 1.165) is 31.6 Å². The Morgan fingerprint density at radius 2 is 2.16 bits per heavy atom. The number of aryl methyl sites for hydroxylation is 1. The maximum absolute atomic E-state index is 11.8. The largest absolute Gasteiger partial charge is 0.369 e. The molecule has 104 valence electrons. The maximum Gasteiger partial charge on any atom is 0.239 e. The average molecular weight is 264 g/mol. The van der Waals surface area contributed by atoms with Crippen LogP contribution in [0.15, 0.2) is 6.07 Å². The van der Waals surface area contributed by atoms with Crippen molar-refractivity contribution in [3.05, 3.63) is 11.8 Å². The fraction of sp³-hybridized carbons (Fsp3) is 0.583. The van der Waals surface area contributed by atoms with Gasteiger partial charge in [0.2, 0.25) is 11.9 Å². The first-order chi connectivity index (χ1) is 9.19. The smallest absolute Gasteiger partial charge is 0.239 e. The fourth-order valence-corrected chi connectivity index (χ4v) is 2.15. The van der Waals surface area contributed by atoms with E-state index >= 15 is 0 Å². The zero-order valence-corrected chi connectivity index (χ0v) is 11.1. The van der Waals surface area contributed by atoms with Gasteiger partial charge in [0.05, 0.1) is 0 Å². The number of rotatable bonds is 5. The highest BCUT2D eigenvalue weighted by molar-refractivity contribution is 5.76. The number of nitrogens with two attached hydrogens (primary N) is 1. The second kappa shape index (κ2) is 6.33. The molecule has 1 aromatic rings. The van der Waals surface area contributed by atoms with Gasteiger partial charge < -0.3 is 10.2 Å². The molecule has 0 aromatic carbocycles. The zero-order valence-electron chi connectivity index (χ0n) is 11.1. The summed E-state index contributed by atoms with van der Waals surface area (Å²) in [7, 11) is 0. The SMILES string of the molecule is Cc1cc(NCCC(=O)N2CCCC2)nc(NN)n1. The number of amides is 1. The van der Waals surface area contributed by atoms with E-state index in [2.05, 4.69) is 20.7 Å². The molecule has 0 saturated carbocycles. The lowest BCUT2D eigenvalue weighted by Gasteiger charge is -2.15. The molecule has 0 unspecified atom stereocenters. The standard InChI is InChI=1S/C12H20N6O/c1-9-8-10(16-12(15-9)17-13)14-5-4-11(19)18-6-2-3-7-18/h8H,2-7,13H2,1H3,(H2,14,15,16,17). The van der Waals surface area contributed by atoms with Gasteiger partial charge in [0.25, 0.3) is 0 Å². The molecule has 7 nitrogen and oxygen atoms in total. The first-order valence-electron chi connectivity index (χ1n) is 6.53. The lowest BCUT2D eigenvalue weighted by Crippen LogP contribution is -2.29. The van der Waals surface area contributed by atoms with Crippen LogP contribution in [-0.2, 0) is 4.79 Å². The Hall–Kier alpha value is -1.89. The maximum atomic E-state index is 11.8. The molecule has 2 rings (SSSR count). The molecule has 0 radical (unpaired) electrons. The van der Waals surface area contributed by atoms with Gasteiger partial charge in [-0.25, -0.2) is 10.8 Å². The number of aromatic nitrogens is 2. The summed E-state index contributed by atoms with van der Waals surface area (Å²) in [6, 6.07) is 1.82. The summed E-state index contributed by atoms with van der Waals surface area (Å²) in [5.74, 6) is 6.53. The van der Waals surface area contributed by atoms with Gasteiger partial charge in [-0.2, -0.15) is 4.98 Å². The second-order valence-electron chi connectivity index (χ2n) is 4.63. The van der Waals surface area contributed by atoms with Crippen LogP contribution in [0.3, 0.4) is 0 Å². The summed E-state index contributed by atoms with van der Waals surface area (Å²) in [5.41, 5.74) is 3.23. The number of carbonyl (C=O) groups excluding carboxylic acids is 1. The Morgan fingerprint density at radius 1 is 1.42 bits per heavy atom. The van der Waals surface area contributed by atoms with Crippen molar-refractivity contribution in [3.8, 4) is 0 Å². The number of hydrogen-bond acceptors (Lipinski definition) is 6. The van der Waals surface area contributed by atoms with Crippen LogP contribution in [0.5, 0.6) is 0 Å². The minimum Gasteiger partial charge on any atom is -0.369 e. The van der Waals surface area contributed by atoms with Crippen LogP contribution in [0.25, 0.3) is 0 Å². The summed E-state index contributed by atoms with van der Waals surface area (Å²) in [6.07, 6.45) is 2.72. The molecule has 4 N–H and O–H groups in total. The third-order valence-corrected chi connectivity index (χ3v) is 3.09. The van der Waals surface area contributed by atoms with E-state index in [-0.39, 0.29) is 5.91 Å². The van der Waals surface area contributed by atoms with Gasteiger partial charge in [-0.05, 0) is 19.8 Å². The van der Waals surface area contributed by atoms with Crippen molar-refractivity contribution in [1.29, 1.82) is 0 Å². The highest BCUT2D eigenvalue weighted by atomic mass is 16.2. The Balaban J connectivity index is 1.81. The molecule has 1 fully saturated rings. The Labute approximate surface area is 112 Å². The van der Waals surface area contributed by atoms with E-state index < -0.39 is 0 Å². The molecule has 1 amide bonds. The van der Waals surface area contributed by atoms with Gasteiger partial charge in [0.15, 0.2) is 0 Å². The van der Waals surface area contributed by atoms with Gasteiger partial charge in [-0.1, -0.05) is 0 Å². The zero-order chi connectivity index (χ0) is 13.7. The summed E-state index contributed by atoms with van der Waals surface area (Å²) >= 11 is 0. The van der Waals surface area contributed by atoms with Crippen LogP contribution in [0.4, 0.5) is 11.8 Å². The number of hydrogen-bond donors (Lipinski definition) is 3. The van der Waals surface area contributed by atoms with Crippen molar-refractivity contribution >= 4 is 17.7 Å². The summed E-state index contributed by atoms with van der Waals surface area (Å²) < 4.78 is 0. The molecule has 0 spiro atoms. The molecule has 1 aromatic heterocycles. The van der Waals surface area contributed by atoms with Crippen molar-refractivity contribution in [1.82, 2.24) is 14.9 Å². The third-order valence-electron chi connectivity index (χ3n) is 3.09. The van der Waals surface area contributed by atoms with Gasteiger partial charge in [-0.15, -0.1) is 0 Å². The van der Waals surface area contributed by atoms with Gasteiger partial charge in [-0.3, -0.25) is 10.2 Å². The fourth-order valence-electron chi connectivity index (χ4n) is 2.15. The minimum absolute atomic E-state index is 0.202. The topological polar surface area (TPSA) is 96.2 Å². The van der Waals surface area contributed by atoms with E-state index in [9.17, 15) is 4.79 Å². The average Bonchev–Trinajstić information content (AvgIpc) is 2.92. The third kappa shape index (κ3) is 3.78. The molecule has 0 atom stereocenters. The molecule has 0 bridgehead atoms. The van der Waals surface area contributed by atoms with Crippen molar-refractivity contribution in [2.45, 2.75) is 26.2 Å². The normalized spacial score (nSPS) is 14.5. The molecule has 1 aliphatic heterocycles. The lowest BCUT2D eigenvalue weighted by atomic mass is 10.3. The number of nitrogens with zero attached hydrogens (tertiary/aromatic N) is 3. The molecular formula is C12H20N6O. The molecule has 7 heteroatoms. The van der Waals surface area contributed by atoms with Crippen LogP contribution in [-0.4, -0.2) is 40.4 Å². The monoisotopic (exact) mass is 264 g/mol. The minimum atomic E-state index is 0.202. The first-order valence-corrected chi connectivity index (χ1v) is 6.53. The molecule has 19 heavy (non-hydrogen) atoms. The Morgan fingerprint density at radius 3 is 2.84 bits per heavy atom. The summed E-state index contributed by atoms with van der Waals surface area (Å²) in [4.78, 5) is 22.0. The van der Waals surface area contributed by atoms with Crippen LogP contribution < -0.4 is 16.6 Å². The van der Waals surface area contributed by atoms with Crippen LogP contribution in [0, 0.1) is 6.92 Å². The van der Waals surface area contributed by atoms with Crippen molar-refractivity contribution in [2.24, 2.45) is 5.84 Å². The van der Waals surface area contributed by atoms with Gasteiger partial charge >= 0.3 is 0 Å². The Kier molecular flexibility index (Phi) is 4.51. The lowest BCUT2D eigenvalue weighted by molar-refractivity contribution is -0.129. The quantitative estimate of drug-likeness (QED) is 0.529. The number of hydrazine groups is 1. The van der Waals surface area contributed by atoms with Gasteiger partial charge in [0.1, 0.15) is 5.82 Å². The summed E-state index contributed by atoms with van der Waals surface area (Å²) in [5, 5.41) is 3.12. The summed E-state index contributed by atoms with van der Waals surface area (Å²) in [6.45, 7) is 4.22. The highest BCUT2D eigenvalue weighted by Gasteiger charge is 2.17. The molecule has 0 aliphatic carbocycles. The number of nitrogens with one attached hydrogen (secondary N) is 2. The second-order valence-corrected chi connectivity index (χ2v) is 4.63. The highest BCUT2D eigenvalue weighted by Crippen LogP contribution is 2.11. The van der Waals surface area contributed by atoms with E-state index in [4.69, 9.17) is 5.84 Å². The van der Waals surface area contributed by atoms with Crippen molar-refractivity contribution in [2.75, 3.05) is 30.4 Å². The van der Waals surface area contributed by atoms with Crippen molar-refractivity contribution < 1.29 is 4.79 Å². The van der Waals surface area contributed by atoms with E-state index in [1.54, 1.807) is 0 Å². The molecule has 1 saturated heterocycles. The molecular weight excluding hydrogens is 244 g/mol. The predicted octanol–water partition coefficient (Wildman–Crippen LogP) is 0.495. The van der Waals surface area contributed by atoms with Crippen molar-refractivity contribution in [3.63, 3.8) is 0 Å². The number of likely N-dealkylation sites (tertiary alicyclic amines) is 1. The number of carbonyl (C=O) groups is 1. The molecule has 2 heterocycles. The van der Waals surface area contributed by atoms with E-state index in [1.807, 2.05) is 17.9 Å². The van der Waals surface area contributed by atoms with Gasteiger partial charge in [0, 0.05) is 37.8 Å². The van der Waals surface area contributed by atoms with E-state index in [0.29, 0.717) is 24.7 Å². The number of nitrogen functional groups attached to an aromatic ring is 1. The van der Waals surface area contributed by atoms with Crippen LogP contribution >= 0.6 is 0 Å². The molecule has 1 aliphatic rings. The predicted molar refractivity (Wildman–Crippen MR) is 73.5 cm³/mol. The van der Waals surface area contributed by atoms with E-state index in [1.165, 1.54) is 0 Å². The number of anilines is 2. The van der Waals surface area contributed by atoms with Crippen LogP contribution in [0.1, 0.15) is 25.0 Å². The van der Waals surface area contributed by atoms with Crippen LogP contribution in [0.2, 0.25) is 0 Å². The first kappa shape index (κ1) is 13.5. The Bertz CT molecular complexity index is 444.